The zero-order valence-electron chi connectivity index (χ0n) is 10.8. The van der Waals surface area contributed by atoms with Gasteiger partial charge in [-0.25, -0.2) is 0 Å². The van der Waals surface area contributed by atoms with Gasteiger partial charge in [0.25, 0.3) is 0 Å². The predicted molar refractivity (Wildman–Crippen MR) is 65.9 cm³/mol. The minimum Gasteiger partial charge on any atom is -0.493 e. The van der Waals surface area contributed by atoms with E-state index in [1.807, 2.05) is 0 Å². The van der Waals surface area contributed by atoms with Crippen LogP contribution in [0.1, 0.15) is 17.5 Å². The lowest BCUT2D eigenvalue weighted by Crippen LogP contribution is -2.17. The smallest absolute Gasteiger partial charge is 0.416 e. The van der Waals surface area contributed by atoms with E-state index in [0.717, 1.165) is 18.2 Å². The summed E-state index contributed by atoms with van der Waals surface area (Å²) in [6.07, 6.45) is -3.95. The summed E-state index contributed by atoms with van der Waals surface area (Å²) in [5.74, 6) is -0.331. The Labute approximate surface area is 113 Å². The molecule has 0 radical (unpaired) electrons. The SMILES string of the molecule is COCCCOc1ccc(C(F)(F)F)cc1/C(N)=N/O. The highest BCUT2D eigenvalue weighted by Gasteiger charge is 2.31. The van der Waals surface area contributed by atoms with Gasteiger partial charge in [-0.3, -0.25) is 0 Å². The second-order valence-electron chi connectivity index (χ2n) is 3.89. The maximum Gasteiger partial charge on any atom is 0.416 e. The molecule has 0 saturated heterocycles. The number of ether oxygens (including phenoxy) is 2. The molecule has 0 unspecified atom stereocenters. The van der Waals surface area contributed by atoms with Gasteiger partial charge in [0.1, 0.15) is 5.75 Å². The monoisotopic (exact) mass is 292 g/mol. The minimum absolute atomic E-state index is 0.111. The van der Waals surface area contributed by atoms with Gasteiger partial charge in [0, 0.05) is 20.1 Å². The van der Waals surface area contributed by atoms with Gasteiger partial charge in [0.15, 0.2) is 5.84 Å². The van der Waals surface area contributed by atoms with Crippen molar-refractivity contribution < 1.29 is 27.9 Å². The quantitative estimate of drug-likeness (QED) is 0.277. The molecule has 0 spiro atoms. The standard InChI is InChI=1S/C12H15F3N2O3/c1-19-5-2-6-20-10-4-3-8(12(13,14)15)7-9(10)11(16)17-18/h3-4,7,18H,2,5-6H2,1H3,(H2,16,17). The number of nitrogens with zero attached hydrogens (tertiary/aromatic N) is 1. The molecule has 1 aromatic carbocycles. The number of alkyl halides is 3. The number of rotatable bonds is 6. The summed E-state index contributed by atoms with van der Waals surface area (Å²) in [5.41, 5.74) is 4.35. The molecule has 1 aromatic rings. The van der Waals surface area contributed by atoms with Crippen molar-refractivity contribution in [2.24, 2.45) is 10.9 Å². The van der Waals surface area contributed by atoms with Crippen molar-refractivity contribution in [3.63, 3.8) is 0 Å². The Hall–Kier alpha value is -1.96. The largest absolute Gasteiger partial charge is 0.493 e. The lowest BCUT2D eigenvalue weighted by molar-refractivity contribution is -0.137. The zero-order valence-corrected chi connectivity index (χ0v) is 10.8. The van der Waals surface area contributed by atoms with E-state index >= 15 is 0 Å². The molecule has 1 rings (SSSR count). The fourth-order valence-corrected chi connectivity index (χ4v) is 1.47. The van der Waals surface area contributed by atoms with Crippen LogP contribution in [0, 0.1) is 0 Å². The van der Waals surface area contributed by atoms with Crippen LogP contribution >= 0.6 is 0 Å². The molecule has 0 saturated carbocycles. The Balaban J connectivity index is 2.99. The number of oxime groups is 1. The Morgan fingerprint density at radius 1 is 1.35 bits per heavy atom. The fraction of sp³-hybridized carbons (Fsp3) is 0.417. The number of benzene rings is 1. The molecule has 0 amide bonds. The van der Waals surface area contributed by atoms with Crippen LogP contribution in [0.25, 0.3) is 0 Å². The molecule has 20 heavy (non-hydrogen) atoms. The van der Waals surface area contributed by atoms with Crippen LogP contribution in [0.2, 0.25) is 0 Å². The first-order chi connectivity index (χ1) is 9.40. The van der Waals surface area contributed by atoms with Crippen molar-refractivity contribution in [1.29, 1.82) is 0 Å². The average molecular weight is 292 g/mol. The van der Waals surface area contributed by atoms with Crippen LogP contribution in [0.3, 0.4) is 0 Å². The average Bonchev–Trinajstić information content (AvgIpc) is 2.41. The Morgan fingerprint density at radius 2 is 2.05 bits per heavy atom. The summed E-state index contributed by atoms with van der Waals surface area (Å²) >= 11 is 0. The van der Waals surface area contributed by atoms with Crippen molar-refractivity contribution >= 4 is 5.84 Å². The van der Waals surface area contributed by atoms with E-state index in [1.54, 1.807) is 0 Å². The highest BCUT2D eigenvalue weighted by molar-refractivity contribution is 5.99. The topological polar surface area (TPSA) is 77.1 Å². The second kappa shape index (κ2) is 6.99. The maximum atomic E-state index is 12.6. The molecule has 112 valence electrons. The van der Waals surface area contributed by atoms with Crippen molar-refractivity contribution in [3.8, 4) is 5.75 Å². The molecular weight excluding hydrogens is 277 g/mol. The second-order valence-corrected chi connectivity index (χ2v) is 3.89. The first kappa shape index (κ1) is 16.1. The molecule has 0 heterocycles. The molecule has 0 aliphatic carbocycles. The third-order valence-corrected chi connectivity index (χ3v) is 2.44. The van der Waals surface area contributed by atoms with Crippen LogP contribution in [-0.4, -0.2) is 31.4 Å². The van der Waals surface area contributed by atoms with Gasteiger partial charge in [-0.05, 0) is 18.2 Å². The van der Waals surface area contributed by atoms with E-state index in [4.69, 9.17) is 20.4 Å². The number of hydrogen-bond acceptors (Lipinski definition) is 4. The van der Waals surface area contributed by atoms with E-state index in [0.29, 0.717) is 13.0 Å². The summed E-state index contributed by atoms with van der Waals surface area (Å²) in [7, 11) is 1.53. The van der Waals surface area contributed by atoms with Crippen molar-refractivity contribution in [1.82, 2.24) is 0 Å². The van der Waals surface area contributed by atoms with Gasteiger partial charge in [-0.1, -0.05) is 5.16 Å². The highest BCUT2D eigenvalue weighted by atomic mass is 19.4. The first-order valence-corrected chi connectivity index (χ1v) is 5.71. The zero-order chi connectivity index (χ0) is 15.2. The van der Waals surface area contributed by atoms with E-state index < -0.39 is 17.6 Å². The van der Waals surface area contributed by atoms with E-state index in [2.05, 4.69) is 5.16 Å². The molecule has 0 fully saturated rings. The molecule has 0 bridgehead atoms. The van der Waals surface area contributed by atoms with Gasteiger partial charge < -0.3 is 20.4 Å². The normalized spacial score (nSPS) is 12.5. The van der Waals surface area contributed by atoms with Crippen LogP contribution in [-0.2, 0) is 10.9 Å². The molecule has 0 aliphatic rings. The van der Waals surface area contributed by atoms with E-state index in [-0.39, 0.29) is 17.9 Å². The summed E-state index contributed by atoms with van der Waals surface area (Å²) in [4.78, 5) is 0. The molecule has 0 aliphatic heterocycles. The summed E-state index contributed by atoms with van der Waals surface area (Å²) in [5, 5.41) is 11.3. The summed E-state index contributed by atoms with van der Waals surface area (Å²) in [6, 6.07) is 2.80. The summed E-state index contributed by atoms with van der Waals surface area (Å²) < 4.78 is 48.0. The lowest BCUT2D eigenvalue weighted by atomic mass is 10.1. The van der Waals surface area contributed by atoms with Crippen LogP contribution in [0.4, 0.5) is 13.2 Å². The first-order valence-electron chi connectivity index (χ1n) is 5.71. The van der Waals surface area contributed by atoms with E-state index in [9.17, 15) is 13.2 Å². The third-order valence-electron chi connectivity index (χ3n) is 2.44. The van der Waals surface area contributed by atoms with Gasteiger partial charge in [-0.15, -0.1) is 0 Å². The highest BCUT2D eigenvalue weighted by Crippen LogP contribution is 2.32. The van der Waals surface area contributed by atoms with Gasteiger partial charge in [-0.2, -0.15) is 13.2 Å². The van der Waals surface area contributed by atoms with Crippen molar-refractivity contribution in [2.75, 3.05) is 20.3 Å². The predicted octanol–water partition coefficient (Wildman–Crippen LogP) is 2.22. The summed E-state index contributed by atoms with van der Waals surface area (Å²) in [6.45, 7) is 0.699. The van der Waals surface area contributed by atoms with Crippen LogP contribution in [0.15, 0.2) is 23.4 Å². The minimum atomic E-state index is -4.51. The number of methoxy groups -OCH3 is 1. The van der Waals surface area contributed by atoms with Crippen molar-refractivity contribution in [2.45, 2.75) is 12.6 Å². The fourth-order valence-electron chi connectivity index (χ4n) is 1.47. The molecule has 3 N–H and O–H groups in total. The van der Waals surface area contributed by atoms with Gasteiger partial charge >= 0.3 is 6.18 Å². The molecular formula is C12H15F3N2O3. The number of hydrogen-bond donors (Lipinski definition) is 2. The Bertz CT molecular complexity index is 476. The van der Waals surface area contributed by atoms with Gasteiger partial charge in [0.05, 0.1) is 17.7 Å². The lowest BCUT2D eigenvalue weighted by Gasteiger charge is -2.13. The molecule has 0 aromatic heterocycles. The number of halogens is 3. The third kappa shape index (κ3) is 4.30. The van der Waals surface area contributed by atoms with Crippen LogP contribution < -0.4 is 10.5 Å². The molecule has 8 heteroatoms. The molecule has 5 nitrogen and oxygen atoms in total. The van der Waals surface area contributed by atoms with Crippen LogP contribution in [0.5, 0.6) is 5.75 Å². The van der Waals surface area contributed by atoms with Crippen molar-refractivity contribution in [3.05, 3.63) is 29.3 Å². The van der Waals surface area contributed by atoms with E-state index in [1.165, 1.54) is 7.11 Å². The number of amidine groups is 1. The number of nitrogens with two attached hydrogens (primary N) is 1. The molecule has 0 atom stereocenters. The maximum absolute atomic E-state index is 12.6. The Kier molecular flexibility index (Phi) is 5.63. The van der Waals surface area contributed by atoms with Gasteiger partial charge in [0.2, 0.25) is 0 Å². The Morgan fingerprint density at radius 3 is 2.60 bits per heavy atom.